The number of aromatic nitrogens is 1. The third-order valence-corrected chi connectivity index (χ3v) is 4.31. The van der Waals surface area contributed by atoms with Gasteiger partial charge in [0.2, 0.25) is 0 Å². The fourth-order valence-corrected chi connectivity index (χ4v) is 2.83. The minimum Gasteiger partial charge on any atom is -0.497 e. The van der Waals surface area contributed by atoms with Gasteiger partial charge in [-0.2, -0.15) is 0 Å². The maximum absolute atomic E-state index is 12.3. The van der Waals surface area contributed by atoms with E-state index in [1.54, 1.807) is 13.3 Å². The number of anilines is 1. The van der Waals surface area contributed by atoms with Gasteiger partial charge in [0, 0.05) is 17.6 Å². The molecule has 0 spiro atoms. The number of urea groups is 1. The highest BCUT2D eigenvalue weighted by Gasteiger charge is 2.10. The van der Waals surface area contributed by atoms with Crippen LogP contribution in [0.5, 0.6) is 5.75 Å². The Bertz CT molecular complexity index is 923. The number of hydrogen-bond acceptors (Lipinski definition) is 3. The summed E-state index contributed by atoms with van der Waals surface area (Å²) in [6.07, 6.45) is 1.80. The van der Waals surface area contributed by atoms with Crippen molar-refractivity contribution in [1.29, 1.82) is 0 Å². The van der Waals surface area contributed by atoms with Gasteiger partial charge in [-0.1, -0.05) is 24.3 Å². The molecule has 2 aromatic carbocycles. The van der Waals surface area contributed by atoms with Crippen LogP contribution < -0.4 is 15.4 Å². The summed E-state index contributed by atoms with van der Waals surface area (Å²) in [6, 6.07) is 19.0. The first-order valence-electron chi connectivity index (χ1n) is 8.80. The summed E-state index contributed by atoms with van der Waals surface area (Å²) in [5.74, 6) is 0.767. The van der Waals surface area contributed by atoms with Crippen LogP contribution in [-0.4, -0.2) is 18.1 Å². The number of nitrogens with one attached hydrogen (secondary N) is 2. The van der Waals surface area contributed by atoms with E-state index in [2.05, 4.69) is 15.6 Å². The summed E-state index contributed by atoms with van der Waals surface area (Å²) in [4.78, 5) is 16.5. The number of methoxy groups -OCH3 is 1. The molecule has 5 heteroatoms. The lowest BCUT2D eigenvalue weighted by atomic mass is 10.1. The number of amides is 2. The number of pyridine rings is 1. The number of aryl methyl sites for hydroxylation is 1. The maximum Gasteiger partial charge on any atom is 0.319 e. The van der Waals surface area contributed by atoms with Crippen molar-refractivity contribution in [3.63, 3.8) is 0 Å². The Labute approximate surface area is 159 Å². The average Bonchev–Trinajstić information content (AvgIpc) is 2.68. The molecule has 2 amide bonds. The second kappa shape index (κ2) is 8.36. The summed E-state index contributed by atoms with van der Waals surface area (Å²) in [7, 11) is 1.63. The van der Waals surface area contributed by atoms with E-state index in [9.17, 15) is 4.79 Å². The molecule has 0 bridgehead atoms. The van der Waals surface area contributed by atoms with Gasteiger partial charge in [0.05, 0.1) is 13.2 Å². The van der Waals surface area contributed by atoms with Gasteiger partial charge >= 0.3 is 6.03 Å². The van der Waals surface area contributed by atoms with E-state index < -0.39 is 0 Å². The predicted molar refractivity (Wildman–Crippen MR) is 108 cm³/mol. The molecule has 0 saturated carbocycles. The number of carbonyl (C=O) groups excluding carboxylic acids is 1. The van der Waals surface area contributed by atoms with Crippen LogP contribution in [0.3, 0.4) is 0 Å². The minimum atomic E-state index is -0.252. The number of rotatable bonds is 5. The van der Waals surface area contributed by atoms with E-state index in [1.807, 2.05) is 74.5 Å². The summed E-state index contributed by atoms with van der Waals surface area (Å²) in [6.45, 7) is 3.90. The average molecular weight is 361 g/mol. The predicted octanol–water partition coefficient (Wildman–Crippen LogP) is 4.95. The summed E-state index contributed by atoms with van der Waals surface area (Å²) < 4.78 is 5.23. The van der Waals surface area contributed by atoms with Crippen molar-refractivity contribution in [1.82, 2.24) is 10.3 Å². The highest BCUT2D eigenvalue weighted by Crippen LogP contribution is 2.22. The molecular weight excluding hydrogens is 338 g/mol. The Morgan fingerprint density at radius 1 is 1.04 bits per heavy atom. The molecule has 1 aromatic heterocycles. The summed E-state index contributed by atoms with van der Waals surface area (Å²) >= 11 is 0. The van der Waals surface area contributed by atoms with Crippen LogP contribution in [0.4, 0.5) is 10.5 Å². The van der Waals surface area contributed by atoms with Crippen molar-refractivity contribution in [2.75, 3.05) is 12.4 Å². The summed E-state index contributed by atoms with van der Waals surface area (Å²) in [5.41, 5.74) is 4.87. The molecule has 138 valence electrons. The second-order valence-corrected chi connectivity index (χ2v) is 6.36. The van der Waals surface area contributed by atoms with E-state index in [0.717, 1.165) is 33.8 Å². The van der Waals surface area contributed by atoms with Gasteiger partial charge in [-0.15, -0.1) is 0 Å². The zero-order chi connectivity index (χ0) is 19.2. The number of carbonyl (C=O) groups is 1. The molecule has 0 aliphatic rings. The normalized spacial score (nSPS) is 11.5. The third kappa shape index (κ3) is 4.85. The topological polar surface area (TPSA) is 63.2 Å². The molecule has 0 fully saturated rings. The lowest BCUT2D eigenvalue weighted by Gasteiger charge is -2.16. The molecule has 0 radical (unpaired) electrons. The van der Waals surface area contributed by atoms with Crippen molar-refractivity contribution in [3.05, 3.63) is 78.1 Å². The van der Waals surface area contributed by atoms with Crippen LogP contribution in [0.25, 0.3) is 11.1 Å². The molecule has 0 saturated heterocycles. The van der Waals surface area contributed by atoms with Crippen molar-refractivity contribution in [3.8, 4) is 16.9 Å². The van der Waals surface area contributed by atoms with Crippen LogP contribution in [-0.2, 0) is 0 Å². The third-order valence-electron chi connectivity index (χ3n) is 4.31. The first-order valence-corrected chi connectivity index (χ1v) is 8.80. The fraction of sp³-hybridized carbons (Fsp3) is 0.182. The van der Waals surface area contributed by atoms with E-state index in [-0.39, 0.29) is 12.1 Å². The van der Waals surface area contributed by atoms with Gasteiger partial charge in [-0.25, -0.2) is 4.79 Å². The second-order valence-electron chi connectivity index (χ2n) is 6.36. The zero-order valence-electron chi connectivity index (χ0n) is 15.7. The highest BCUT2D eigenvalue weighted by molar-refractivity contribution is 5.89. The number of nitrogens with zero attached hydrogens (tertiary/aromatic N) is 1. The Morgan fingerprint density at radius 3 is 2.52 bits per heavy atom. The molecule has 1 heterocycles. The molecule has 3 aromatic rings. The smallest absolute Gasteiger partial charge is 0.319 e. The molecule has 5 nitrogen and oxygen atoms in total. The largest absolute Gasteiger partial charge is 0.497 e. The lowest BCUT2D eigenvalue weighted by molar-refractivity contribution is 0.249. The summed E-state index contributed by atoms with van der Waals surface area (Å²) in [5, 5.41) is 5.80. The maximum atomic E-state index is 12.3. The standard InChI is InChI=1S/C22H23N3O2/c1-15-13-19(11-12-23-15)17-7-9-20(10-8-17)25-22(26)24-16(2)18-5-4-6-21(14-18)27-3/h4-14,16H,1-3H3,(H2,24,25,26)/t16-/m1/s1. The Hall–Kier alpha value is -3.34. The van der Waals surface area contributed by atoms with Crippen LogP contribution in [0.1, 0.15) is 24.2 Å². The van der Waals surface area contributed by atoms with Gasteiger partial charge in [0.15, 0.2) is 0 Å². The molecule has 1 atom stereocenters. The van der Waals surface area contributed by atoms with E-state index >= 15 is 0 Å². The van der Waals surface area contributed by atoms with Gasteiger partial charge in [0.1, 0.15) is 5.75 Å². The number of ether oxygens (including phenoxy) is 1. The van der Waals surface area contributed by atoms with E-state index in [0.29, 0.717) is 0 Å². The first-order chi connectivity index (χ1) is 13.0. The molecular formula is C22H23N3O2. The Morgan fingerprint density at radius 2 is 1.81 bits per heavy atom. The molecule has 27 heavy (non-hydrogen) atoms. The lowest BCUT2D eigenvalue weighted by Crippen LogP contribution is -2.31. The minimum absolute atomic E-state index is 0.140. The Balaban J connectivity index is 1.62. The van der Waals surface area contributed by atoms with Crippen LogP contribution in [0, 0.1) is 6.92 Å². The van der Waals surface area contributed by atoms with E-state index in [4.69, 9.17) is 4.74 Å². The zero-order valence-corrected chi connectivity index (χ0v) is 15.7. The molecule has 0 unspecified atom stereocenters. The van der Waals surface area contributed by atoms with Gasteiger partial charge in [-0.05, 0) is 66.9 Å². The van der Waals surface area contributed by atoms with Crippen LogP contribution >= 0.6 is 0 Å². The van der Waals surface area contributed by atoms with Gasteiger partial charge < -0.3 is 15.4 Å². The number of hydrogen-bond donors (Lipinski definition) is 2. The Kier molecular flexibility index (Phi) is 5.71. The van der Waals surface area contributed by atoms with Crippen molar-refractivity contribution < 1.29 is 9.53 Å². The van der Waals surface area contributed by atoms with E-state index in [1.165, 1.54) is 0 Å². The van der Waals surface area contributed by atoms with Crippen LogP contribution in [0.2, 0.25) is 0 Å². The SMILES string of the molecule is COc1cccc([C@@H](C)NC(=O)Nc2ccc(-c3ccnc(C)c3)cc2)c1. The number of benzene rings is 2. The molecule has 0 aliphatic heterocycles. The fourth-order valence-electron chi connectivity index (χ4n) is 2.83. The highest BCUT2D eigenvalue weighted by atomic mass is 16.5. The van der Waals surface area contributed by atoms with Crippen molar-refractivity contribution in [2.24, 2.45) is 0 Å². The van der Waals surface area contributed by atoms with Crippen LogP contribution in [0.15, 0.2) is 66.9 Å². The molecule has 2 N–H and O–H groups in total. The molecule has 3 rings (SSSR count). The van der Waals surface area contributed by atoms with Gasteiger partial charge in [0.25, 0.3) is 0 Å². The van der Waals surface area contributed by atoms with Crippen molar-refractivity contribution >= 4 is 11.7 Å². The monoisotopic (exact) mass is 361 g/mol. The van der Waals surface area contributed by atoms with Crippen molar-refractivity contribution in [2.45, 2.75) is 19.9 Å². The molecule has 0 aliphatic carbocycles. The quantitative estimate of drug-likeness (QED) is 0.676. The first kappa shape index (κ1) is 18.5. The van der Waals surface area contributed by atoms with Gasteiger partial charge in [-0.3, -0.25) is 4.98 Å².